The van der Waals surface area contributed by atoms with Crippen molar-refractivity contribution in [2.24, 2.45) is 5.84 Å². The summed E-state index contributed by atoms with van der Waals surface area (Å²) in [4.78, 5) is 41.9. The second kappa shape index (κ2) is 6.90. The Bertz CT molecular complexity index is 1320. The fourth-order valence-corrected chi connectivity index (χ4v) is 5.35. The summed E-state index contributed by atoms with van der Waals surface area (Å²) in [5, 5.41) is 2.49. The predicted octanol–water partition coefficient (Wildman–Crippen LogP) is 3.28. The van der Waals surface area contributed by atoms with Crippen molar-refractivity contribution in [1.82, 2.24) is 5.01 Å². The maximum Gasteiger partial charge on any atom is 0.266 e. The Morgan fingerprint density at radius 2 is 1.66 bits per heavy atom. The first kappa shape index (κ1) is 19.0. The molecule has 3 aromatic rings. The van der Waals surface area contributed by atoms with Crippen LogP contribution < -0.4 is 15.6 Å². The molecule has 1 saturated heterocycles. The van der Waals surface area contributed by atoms with Crippen molar-refractivity contribution in [2.45, 2.75) is 31.7 Å². The van der Waals surface area contributed by atoms with Crippen LogP contribution in [0.2, 0.25) is 0 Å². The third kappa shape index (κ3) is 2.54. The molecule has 3 amide bonds. The van der Waals surface area contributed by atoms with Gasteiger partial charge in [0.25, 0.3) is 11.8 Å². The molecule has 1 atom stereocenters. The largest absolute Gasteiger partial charge is 0.341 e. The van der Waals surface area contributed by atoms with Crippen molar-refractivity contribution in [3.63, 3.8) is 0 Å². The normalized spacial score (nSPS) is 20.3. The van der Waals surface area contributed by atoms with Crippen LogP contribution >= 0.6 is 0 Å². The number of anilines is 3. The number of nitrogens with zero attached hydrogens (tertiary/aromatic N) is 3. The minimum absolute atomic E-state index is 0.138. The number of para-hydroxylation sites is 1. The molecule has 0 bridgehead atoms. The van der Waals surface area contributed by atoms with Crippen LogP contribution in [0.4, 0.5) is 17.1 Å². The smallest absolute Gasteiger partial charge is 0.266 e. The fraction of sp³-hybridized carbons (Fsp3) is 0.240. The molecule has 0 aromatic heterocycles. The SMILES string of the molecule is NN1C(=O)CCC(N2C(=O)c3ccc(N4CCCc5ccccc54)c4cccc2c34)C1=O. The first-order valence-corrected chi connectivity index (χ1v) is 10.9. The Labute approximate surface area is 185 Å². The average molecular weight is 426 g/mol. The first-order chi connectivity index (χ1) is 15.6. The van der Waals surface area contributed by atoms with Gasteiger partial charge in [-0.2, -0.15) is 0 Å². The number of rotatable bonds is 2. The van der Waals surface area contributed by atoms with Crippen LogP contribution in [0.25, 0.3) is 10.8 Å². The standard InChI is InChI=1S/C25H22N4O3/c26-29-22(30)13-12-21(25(29)32)28-20-9-3-7-16-19(11-10-17(23(16)20)24(28)31)27-14-4-6-15-5-1-2-8-18(15)27/h1-3,5,7-11,21H,4,6,12-14,26H2. The summed E-state index contributed by atoms with van der Waals surface area (Å²) in [6.45, 7) is 0.901. The molecule has 3 aliphatic rings. The van der Waals surface area contributed by atoms with Crippen LogP contribution in [-0.4, -0.2) is 35.3 Å². The van der Waals surface area contributed by atoms with Gasteiger partial charge in [0.1, 0.15) is 6.04 Å². The van der Waals surface area contributed by atoms with Gasteiger partial charge in [0, 0.05) is 35.1 Å². The van der Waals surface area contributed by atoms with E-state index in [0.717, 1.165) is 35.8 Å². The van der Waals surface area contributed by atoms with Gasteiger partial charge in [-0.05, 0) is 49.1 Å². The molecule has 160 valence electrons. The highest BCUT2D eigenvalue weighted by Crippen LogP contribution is 2.45. The van der Waals surface area contributed by atoms with E-state index in [9.17, 15) is 14.4 Å². The topological polar surface area (TPSA) is 86.9 Å². The van der Waals surface area contributed by atoms with E-state index in [-0.39, 0.29) is 18.7 Å². The number of imide groups is 1. The van der Waals surface area contributed by atoms with Crippen molar-refractivity contribution in [3.8, 4) is 0 Å². The summed E-state index contributed by atoms with van der Waals surface area (Å²) in [7, 11) is 0. The molecule has 3 heterocycles. The van der Waals surface area contributed by atoms with Gasteiger partial charge in [0.15, 0.2) is 0 Å². The van der Waals surface area contributed by atoms with Crippen LogP contribution in [-0.2, 0) is 16.0 Å². The monoisotopic (exact) mass is 426 g/mol. The molecule has 0 aliphatic carbocycles. The molecule has 3 aliphatic heterocycles. The van der Waals surface area contributed by atoms with Gasteiger partial charge in [-0.1, -0.05) is 30.3 Å². The first-order valence-electron chi connectivity index (χ1n) is 10.9. The van der Waals surface area contributed by atoms with Crippen LogP contribution in [0.1, 0.15) is 35.2 Å². The van der Waals surface area contributed by atoms with Gasteiger partial charge < -0.3 is 4.90 Å². The Morgan fingerprint density at radius 1 is 0.844 bits per heavy atom. The molecular formula is C25H22N4O3. The van der Waals surface area contributed by atoms with Gasteiger partial charge in [0.2, 0.25) is 5.91 Å². The number of amides is 3. The highest BCUT2D eigenvalue weighted by Gasteiger charge is 2.43. The fourth-order valence-electron chi connectivity index (χ4n) is 5.35. The number of aryl methyl sites for hydroxylation is 1. The van der Waals surface area contributed by atoms with E-state index in [0.29, 0.717) is 16.3 Å². The molecule has 2 N–H and O–H groups in total. The lowest BCUT2D eigenvalue weighted by Gasteiger charge is -2.33. The van der Waals surface area contributed by atoms with Gasteiger partial charge >= 0.3 is 0 Å². The van der Waals surface area contributed by atoms with E-state index in [1.54, 1.807) is 0 Å². The Hall–Kier alpha value is -3.71. The van der Waals surface area contributed by atoms with Crippen molar-refractivity contribution in [3.05, 3.63) is 65.7 Å². The minimum Gasteiger partial charge on any atom is -0.341 e. The number of hydrogen-bond donors (Lipinski definition) is 1. The van der Waals surface area contributed by atoms with Crippen molar-refractivity contribution in [1.29, 1.82) is 0 Å². The van der Waals surface area contributed by atoms with E-state index in [2.05, 4.69) is 29.2 Å². The van der Waals surface area contributed by atoms with E-state index in [4.69, 9.17) is 5.84 Å². The second-order valence-corrected chi connectivity index (χ2v) is 8.55. The molecule has 6 rings (SSSR count). The summed E-state index contributed by atoms with van der Waals surface area (Å²) in [5.74, 6) is 4.51. The van der Waals surface area contributed by atoms with E-state index in [1.165, 1.54) is 16.2 Å². The van der Waals surface area contributed by atoms with Gasteiger partial charge in [-0.15, -0.1) is 0 Å². The lowest BCUT2D eigenvalue weighted by Crippen LogP contribution is -2.58. The Balaban J connectivity index is 1.50. The Morgan fingerprint density at radius 3 is 2.53 bits per heavy atom. The molecule has 1 fully saturated rings. The number of hydrazine groups is 1. The predicted molar refractivity (Wildman–Crippen MR) is 122 cm³/mol. The highest BCUT2D eigenvalue weighted by molar-refractivity contribution is 6.28. The highest BCUT2D eigenvalue weighted by atomic mass is 16.2. The molecule has 7 heteroatoms. The number of nitrogens with two attached hydrogens (primary N) is 1. The summed E-state index contributed by atoms with van der Waals surface area (Å²) >= 11 is 0. The summed E-state index contributed by atoms with van der Waals surface area (Å²) in [6.07, 6.45) is 2.52. The van der Waals surface area contributed by atoms with Crippen molar-refractivity contribution in [2.75, 3.05) is 16.3 Å². The molecule has 3 aromatic carbocycles. The molecule has 0 radical (unpaired) electrons. The van der Waals surface area contributed by atoms with Crippen LogP contribution in [0.15, 0.2) is 54.6 Å². The molecule has 7 nitrogen and oxygen atoms in total. The zero-order valence-electron chi connectivity index (χ0n) is 17.5. The van der Waals surface area contributed by atoms with Gasteiger partial charge in [0.05, 0.1) is 11.3 Å². The Kier molecular flexibility index (Phi) is 4.10. The summed E-state index contributed by atoms with van der Waals surface area (Å²) < 4.78 is 0. The zero-order chi connectivity index (χ0) is 22.0. The van der Waals surface area contributed by atoms with E-state index >= 15 is 0 Å². The summed E-state index contributed by atoms with van der Waals surface area (Å²) in [5.41, 5.74) is 4.85. The molecule has 0 saturated carbocycles. The number of carbonyl (C=O) groups is 3. The number of benzene rings is 3. The lowest BCUT2D eigenvalue weighted by molar-refractivity contribution is -0.149. The number of fused-ring (bicyclic) bond motifs is 1. The number of piperidine rings is 1. The average Bonchev–Trinajstić information content (AvgIpc) is 3.11. The number of hydrogen-bond acceptors (Lipinski definition) is 5. The second-order valence-electron chi connectivity index (χ2n) is 8.55. The van der Waals surface area contributed by atoms with Crippen LogP contribution in [0.3, 0.4) is 0 Å². The number of carbonyl (C=O) groups excluding carboxylic acids is 3. The van der Waals surface area contributed by atoms with Crippen LogP contribution in [0.5, 0.6) is 0 Å². The zero-order valence-corrected chi connectivity index (χ0v) is 17.5. The maximum atomic E-state index is 13.4. The van der Waals surface area contributed by atoms with Gasteiger partial charge in [-0.25, -0.2) is 10.9 Å². The maximum absolute atomic E-state index is 13.4. The van der Waals surface area contributed by atoms with Crippen molar-refractivity contribution < 1.29 is 14.4 Å². The van der Waals surface area contributed by atoms with E-state index in [1.807, 2.05) is 30.3 Å². The van der Waals surface area contributed by atoms with Crippen molar-refractivity contribution >= 4 is 45.6 Å². The van der Waals surface area contributed by atoms with Crippen LogP contribution in [0, 0.1) is 0 Å². The lowest BCUT2D eigenvalue weighted by atomic mass is 9.98. The van der Waals surface area contributed by atoms with Gasteiger partial charge in [-0.3, -0.25) is 19.3 Å². The molecular weight excluding hydrogens is 404 g/mol. The molecule has 1 unspecified atom stereocenters. The molecule has 32 heavy (non-hydrogen) atoms. The van der Waals surface area contributed by atoms with E-state index < -0.39 is 17.9 Å². The molecule has 0 spiro atoms. The third-order valence-corrected chi connectivity index (χ3v) is 6.84. The minimum atomic E-state index is -0.776. The summed E-state index contributed by atoms with van der Waals surface area (Å²) in [6, 6.07) is 17.3. The quantitative estimate of drug-likeness (QED) is 0.386. The third-order valence-electron chi connectivity index (χ3n) is 6.84.